The van der Waals surface area contributed by atoms with E-state index in [9.17, 15) is 18.0 Å². The molecule has 1 N–H and O–H groups in total. The molecule has 1 aromatic heterocycles. The summed E-state index contributed by atoms with van der Waals surface area (Å²) in [7, 11) is 0. The van der Waals surface area contributed by atoms with E-state index in [2.05, 4.69) is 9.97 Å². The van der Waals surface area contributed by atoms with Gasteiger partial charge in [-0.15, -0.1) is 0 Å². The number of aryl methyl sites for hydroxylation is 1. The van der Waals surface area contributed by atoms with Gasteiger partial charge in [-0.25, -0.2) is 9.78 Å². The molecule has 110 valence electrons. The zero-order valence-electron chi connectivity index (χ0n) is 10.7. The van der Waals surface area contributed by atoms with Crippen LogP contribution in [0.2, 0.25) is 0 Å². The molecule has 0 spiro atoms. The second kappa shape index (κ2) is 5.39. The molecule has 0 bridgehead atoms. The molecule has 2 rings (SSSR count). The van der Waals surface area contributed by atoms with Gasteiger partial charge in [0.1, 0.15) is 5.75 Å². The third kappa shape index (κ3) is 3.68. The summed E-state index contributed by atoms with van der Waals surface area (Å²) in [5, 5.41) is 8.86. The number of ether oxygens (including phenoxy) is 1. The summed E-state index contributed by atoms with van der Waals surface area (Å²) in [4.78, 5) is 18.3. The summed E-state index contributed by atoms with van der Waals surface area (Å²) in [6.45, 7) is 1.52. The largest absolute Gasteiger partial charge is 0.477 e. The Hall–Kier alpha value is -2.64. The molecule has 0 aliphatic carbocycles. The lowest BCUT2D eigenvalue weighted by molar-refractivity contribution is -0.137. The van der Waals surface area contributed by atoms with Crippen LogP contribution in [0.4, 0.5) is 13.2 Å². The Bertz CT molecular complexity index is 687. The minimum Gasteiger partial charge on any atom is -0.477 e. The van der Waals surface area contributed by atoms with Crippen molar-refractivity contribution in [3.05, 3.63) is 47.3 Å². The van der Waals surface area contributed by atoms with Crippen molar-refractivity contribution in [2.75, 3.05) is 0 Å². The molecule has 1 heterocycles. The van der Waals surface area contributed by atoms with Crippen molar-refractivity contribution < 1.29 is 27.8 Å². The Kier molecular flexibility index (Phi) is 3.79. The molecule has 2 aromatic rings. The lowest BCUT2D eigenvalue weighted by Gasteiger charge is -2.09. The molecule has 0 fully saturated rings. The number of carbonyl (C=O) groups is 1. The molecule has 0 saturated carbocycles. The highest BCUT2D eigenvalue weighted by Crippen LogP contribution is 2.32. The number of aromatic carboxylic acids is 1. The van der Waals surface area contributed by atoms with E-state index in [1.165, 1.54) is 25.1 Å². The first-order valence-corrected chi connectivity index (χ1v) is 5.70. The van der Waals surface area contributed by atoms with Gasteiger partial charge in [0.15, 0.2) is 5.69 Å². The van der Waals surface area contributed by atoms with E-state index in [0.29, 0.717) is 5.69 Å². The number of hydrogen-bond donors (Lipinski definition) is 1. The third-order valence-electron chi connectivity index (χ3n) is 2.42. The highest BCUT2D eigenvalue weighted by Gasteiger charge is 2.30. The van der Waals surface area contributed by atoms with Crippen LogP contribution >= 0.6 is 0 Å². The number of nitrogens with zero attached hydrogens (tertiary/aromatic N) is 2. The zero-order chi connectivity index (χ0) is 15.6. The summed E-state index contributed by atoms with van der Waals surface area (Å²) in [5.74, 6) is -1.42. The fourth-order valence-corrected chi connectivity index (χ4v) is 1.54. The van der Waals surface area contributed by atoms with Crippen LogP contribution in [-0.4, -0.2) is 21.0 Å². The normalized spacial score (nSPS) is 11.2. The van der Waals surface area contributed by atoms with Crippen LogP contribution < -0.4 is 4.74 Å². The van der Waals surface area contributed by atoms with Gasteiger partial charge < -0.3 is 9.84 Å². The van der Waals surface area contributed by atoms with Gasteiger partial charge in [0.05, 0.1) is 5.56 Å². The molecule has 0 atom stereocenters. The van der Waals surface area contributed by atoms with Gasteiger partial charge in [-0.05, 0) is 31.2 Å². The maximum absolute atomic E-state index is 12.6. The van der Waals surface area contributed by atoms with Crippen molar-refractivity contribution in [1.82, 2.24) is 9.97 Å². The Morgan fingerprint density at radius 1 is 1.24 bits per heavy atom. The van der Waals surface area contributed by atoms with E-state index >= 15 is 0 Å². The van der Waals surface area contributed by atoms with Gasteiger partial charge in [-0.2, -0.15) is 18.2 Å². The molecule has 0 saturated heterocycles. The molecule has 0 aliphatic rings. The van der Waals surface area contributed by atoms with Crippen molar-refractivity contribution >= 4 is 5.97 Å². The van der Waals surface area contributed by atoms with Gasteiger partial charge in [-0.1, -0.05) is 6.07 Å². The summed E-state index contributed by atoms with van der Waals surface area (Å²) < 4.78 is 42.8. The molecule has 1 aromatic carbocycles. The van der Waals surface area contributed by atoms with Crippen LogP contribution in [0.25, 0.3) is 0 Å². The molecule has 0 unspecified atom stereocenters. The van der Waals surface area contributed by atoms with E-state index in [1.54, 1.807) is 0 Å². The minimum absolute atomic E-state index is 0.133. The molecule has 0 amide bonds. The number of halogens is 3. The summed E-state index contributed by atoms with van der Waals surface area (Å²) in [5.41, 5.74) is -0.861. The molecule has 0 radical (unpaired) electrons. The molecule has 8 heteroatoms. The second-order valence-corrected chi connectivity index (χ2v) is 4.11. The van der Waals surface area contributed by atoms with Crippen molar-refractivity contribution in [3.63, 3.8) is 0 Å². The van der Waals surface area contributed by atoms with Crippen LogP contribution in [0.3, 0.4) is 0 Å². The first-order valence-electron chi connectivity index (χ1n) is 5.70. The quantitative estimate of drug-likeness (QED) is 0.941. The van der Waals surface area contributed by atoms with Crippen molar-refractivity contribution in [2.45, 2.75) is 13.1 Å². The smallest absolute Gasteiger partial charge is 0.416 e. The van der Waals surface area contributed by atoms with E-state index < -0.39 is 17.7 Å². The van der Waals surface area contributed by atoms with Crippen LogP contribution in [0.1, 0.15) is 21.7 Å². The first kappa shape index (κ1) is 14.8. The Morgan fingerprint density at radius 2 is 1.95 bits per heavy atom. The van der Waals surface area contributed by atoms with Crippen LogP contribution in [0.5, 0.6) is 11.8 Å². The van der Waals surface area contributed by atoms with E-state index in [1.807, 2.05) is 0 Å². The van der Waals surface area contributed by atoms with Crippen LogP contribution in [0.15, 0.2) is 30.3 Å². The minimum atomic E-state index is -4.50. The van der Waals surface area contributed by atoms with Crippen LogP contribution in [0, 0.1) is 6.92 Å². The fourth-order valence-electron chi connectivity index (χ4n) is 1.54. The van der Waals surface area contributed by atoms with Gasteiger partial charge in [0, 0.05) is 5.69 Å². The number of rotatable bonds is 3. The average molecular weight is 298 g/mol. The van der Waals surface area contributed by atoms with E-state index in [0.717, 1.165) is 12.1 Å². The standard InChI is InChI=1S/C13H9F3N2O3/c1-7-5-10(11(19)20)18-12(17-7)21-9-4-2-3-8(6-9)13(14,15)16/h2-6H,1H3,(H,19,20). The number of aromatic nitrogens is 2. The molecule has 5 nitrogen and oxygen atoms in total. The summed E-state index contributed by atoms with van der Waals surface area (Å²) >= 11 is 0. The number of carboxylic acids is 1. The van der Waals surface area contributed by atoms with E-state index in [4.69, 9.17) is 9.84 Å². The van der Waals surface area contributed by atoms with Gasteiger partial charge in [0.25, 0.3) is 0 Å². The maximum Gasteiger partial charge on any atom is 0.416 e. The number of hydrogen-bond acceptors (Lipinski definition) is 4. The third-order valence-corrected chi connectivity index (χ3v) is 2.42. The summed E-state index contributed by atoms with van der Waals surface area (Å²) in [6, 6.07) is 5.04. The second-order valence-electron chi connectivity index (χ2n) is 4.11. The first-order chi connectivity index (χ1) is 9.75. The topological polar surface area (TPSA) is 72.3 Å². The van der Waals surface area contributed by atoms with Gasteiger partial charge >= 0.3 is 18.2 Å². The predicted molar refractivity (Wildman–Crippen MR) is 65.2 cm³/mol. The lowest BCUT2D eigenvalue weighted by Crippen LogP contribution is -2.06. The zero-order valence-corrected chi connectivity index (χ0v) is 10.7. The van der Waals surface area contributed by atoms with Crippen molar-refractivity contribution in [2.24, 2.45) is 0 Å². The Morgan fingerprint density at radius 3 is 2.57 bits per heavy atom. The van der Waals surface area contributed by atoms with Crippen molar-refractivity contribution in [1.29, 1.82) is 0 Å². The number of benzene rings is 1. The van der Waals surface area contributed by atoms with Gasteiger partial charge in [0.2, 0.25) is 0 Å². The Balaban J connectivity index is 2.32. The predicted octanol–water partition coefficient (Wildman–Crippen LogP) is 3.29. The monoisotopic (exact) mass is 298 g/mol. The number of carboxylic acid groups (broad SMARTS) is 1. The molecule has 21 heavy (non-hydrogen) atoms. The highest BCUT2D eigenvalue weighted by atomic mass is 19.4. The fraction of sp³-hybridized carbons (Fsp3) is 0.154. The molecular weight excluding hydrogens is 289 g/mol. The molecule has 0 aliphatic heterocycles. The van der Waals surface area contributed by atoms with E-state index in [-0.39, 0.29) is 17.5 Å². The van der Waals surface area contributed by atoms with Crippen molar-refractivity contribution in [3.8, 4) is 11.8 Å². The lowest BCUT2D eigenvalue weighted by atomic mass is 10.2. The van der Waals surface area contributed by atoms with Gasteiger partial charge in [-0.3, -0.25) is 0 Å². The molecular formula is C13H9F3N2O3. The number of alkyl halides is 3. The highest BCUT2D eigenvalue weighted by molar-refractivity contribution is 5.85. The Labute approximate surface area is 117 Å². The maximum atomic E-state index is 12.6. The average Bonchev–Trinajstić information content (AvgIpc) is 2.37. The van der Waals surface area contributed by atoms with Crippen LogP contribution in [-0.2, 0) is 6.18 Å². The SMILES string of the molecule is Cc1cc(C(=O)O)nc(Oc2cccc(C(F)(F)F)c2)n1. The summed E-state index contributed by atoms with van der Waals surface area (Å²) in [6.07, 6.45) is -4.50.